The van der Waals surface area contributed by atoms with Crippen LogP contribution < -0.4 is 0 Å². The SMILES string of the molecule is CCCC1(C(=O)O)CCN(Cc2ccc(F)c(C)c2)CC1. The Balaban J connectivity index is 1.97. The summed E-state index contributed by atoms with van der Waals surface area (Å²) in [6, 6.07) is 5.20. The number of rotatable bonds is 5. The van der Waals surface area contributed by atoms with E-state index < -0.39 is 11.4 Å². The summed E-state index contributed by atoms with van der Waals surface area (Å²) in [5.41, 5.74) is 1.21. The van der Waals surface area contributed by atoms with E-state index in [2.05, 4.69) is 4.90 Å². The van der Waals surface area contributed by atoms with Gasteiger partial charge in [-0.05, 0) is 56.5 Å². The Morgan fingerprint density at radius 1 is 1.38 bits per heavy atom. The third kappa shape index (κ3) is 3.62. The quantitative estimate of drug-likeness (QED) is 0.901. The van der Waals surface area contributed by atoms with Crippen molar-refractivity contribution in [3.05, 3.63) is 35.1 Å². The Labute approximate surface area is 125 Å². The molecule has 4 heteroatoms. The Kier molecular flexibility index (Phi) is 4.99. The van der Waals surface area contributed by atoms with Gasteiger partial charge in [0.1, 0.15) is 5.82 Å². The molecular formula is C17H24FNO2. The van der Waals surface area contributed by atoms with Crippen LogP contribution >= 0.6 is 0 Å². The molecule has 0 atom stereocenters. The number of carbonyl (C=O) groups is 1. The van der Waals surface area contributed by atoms with E-state index in [4.69, 9.17) is 0 Å². The molecule has 0 bridgehead atoms. The monoisotopic (exact) mass is 293 g/mol. The van der Waals surface area contributed by atoms with Crippen LogP contribution in [0.2, 0.25) is 0 Å². The molecule has 1 aromatic carbocycles. The first kappa shape index (κ1) is 16.0. The number of hydrogen-bond acceptors (Lipinski definition) is 2. The lowest BCUT2D eigenvalue weighted by atomic mass is 9.75. The lowest BCUT2D eigenvalue weighted by Gasteiger charge is -2.39. The Morgan fingerprint density at radius 2 is 2.05 bits per heavy atom. The number of piperidine rings is 1. The number of halogens is 1. The Hall–Kier alpha value is -1.42. The van der Waals surface area contributed by atoms with E-state index in [1.165, 1.54) is 6.07 Å². The summed E-state index contributed by atoms with van der Waals surface area (Å²) in [7, 11) is 0. The van der Waals surface area contributed by atoms with Crippen LogP contribution in [0.25, 0.3) is 0 Å². The average molecular weight is 293 g/mol. The van der Waals surface area contributed by atoms with Gasteiger partial charge in [0.05, 0.1) is 5.41 Å². The summed E-state index contributed by atoms with van der Waals surface area (Å²) >= 11 is 0. The van der Waals surface area contributed by atoms with Crippen LogP contribution in [-0.4, -0.2) is 29.1 Å². The van der Waals surface area contributed by atoms with Gasteiger partial charge in [-0.3, -0.25) is 9.69 Å². The number of carboxylic acids is 1. The minimum Gasteiger partial charge on any atom is -0.481 e. The first-order valence-corrected chi connectivity index (χ1v) is 7.67. The highest BCUT2D eigenvalue weighted by molar-refractivity contribution is 5.74. The van der Waals surface area contributed by atoms with E-state index in [1.54, 1.807) is 6.92 Å². The number of nitrogens with zero attached hydrogens (tertiary/aromatic N) is 1. The van der Waals surface area contributed by atoms with Crippen molar-refractivity contribution in [2.75, 3.05) is 13.1 Å². The number of carboxylic acid groups (broad SMARTS) is 1. The van der Waals surface area contributed by atoms with Crippen molar-refractivity contribution in [3.63, 3.8) is 0 Å². The van der Waals surface area contributed by atoms with Gasteiger partial charge in [-0.1, -0.05) is 25.5 Å². The summed E-state index contributed by atoms with van der Waals surface area (Å²) < 4.78 is 13.3. The predicted octanol–water partition coefficient (Wildman–Crippen LogP) is 3.60. The van der Waals surface area contributed by atoms with Crippen molar-refractivity contribution in [1.82, 2.24) is 4.90 Å². The van der Waals surface area contributed by atoms with E-state index in [0.29, 0.717) is 18.4 Å². The summed E-state index contributed by atoms with van der Waals surface area (Å²) in [6.45, 7) is 6.17. The molecule has 0 amide bonds. The summed E-state index contributed by atoms with van der Waals surface area (Å²) in [4.78, 5) is 13.8. The van der Waals surface area contributed by atoms with Crippen LogP contribution in [0, 0.1) is 18.2 Å². The molecule has 1 aliphatic heterocycles. The van der Waals surface area contributed by atoms with E-state index in [1.807, 2.05) is 19.1 Å². The lowest BCUT2D eigenvalue weighted by Crippen LogP contribution is -2.44. The Bertz CT molecular complexity index is 508. The van der Waals surface area contributed by atoms with Gasteiger partial charge < -0.3 is 5.11 Å². The van der Waals surface area contributed by atoms with Crippen molar-refractivity contribution in [1.29, 1.82) is 0 Å². The van der Waals surface area contributed by atoms with Gasteiger partial charge in [-0.25, -0.2) is 4.39 Å². The van der Waals surface area contributed by atoms with Crippen molar-refractivity contribution < 1.29 is 14.3 Å². The van der Waals surface area contributed by atoms with E-state index in [-0.39, 0.29) is 5.82 Å². The fraction of sp³-hybridized carbons (Fsp3) is 0.588. The molecule has 116 valence electrons. The maximum absolute atomic E-state index is 13.3. The third-order valence-electron chi connectivity index (χ3n) is 4.62. The van der Waals surface area contributed by atoms with E-state index in [0.717, 1.165) is 38.0 Å². The van der Waals surface area contributed by atoms with Gasteiger partial charge in [0.2, 0.25) is 0 Å². The smallest absolute Gasteiger partial charge is 0.309 e. The molecule has 0 saturated carbocycles. The number of aliphatic carboxylic acids is 1. The minimum absolute atomic E-state index is 0.176. The van der Waals surface area contributed by atoms with Gasteiger partial charge in [0, 0.05) is 6.54 Å². The topological polar surface area (TPSA) is 40.5 Å². The number of likely N-dealkylation sites (tertiary alicyclic amines) is 1. The molecule has 1 heterocycles. The van der Waals surface area contributed by atoms with Crippen LogP contribution in [-0.2, 0) is 11.3 Å². The molecule has 1 N–H and O–H groups in total. The fourth-order valence-corrected chi connectivity index (χ4v) is 3.25. The standard InChI is InChI=1S/C17H24FNO2/c1-3-6-17(16(20)21)7-9-19(10-8-17)12-14-4-5-15(18)13(2)11-14/h4-5,11H,3,6-10,12H2,1-2H3,(H,20,21). The minimum atomic E-state index is -0.651. The molecule has 21 heavy (non-hydrogen) atoms. The zero-order chi connectivity index (χ0) is 15.5. The number of benzene rings is 1. The second-order valence-corrected chi connectivity index (χ2v) is 6.20. The maximum atomic E-state index is 13.3. The molecule has 0 spiro atoms. The van der Waals surface area contributed by atoms with Crippen molar-refractivity contribution >= 4 is 5.97 Å². The molecule has 1 saturated heterocycles. The van der Waals surface area contributed by atoms with Gasteiger partial charge in [-0.15, -0.1) is 0 Å². The van der Waals surface area contributed by atoms with E-state index >= 15 is 0 Å². The van der Waals surface area contributed by atoms with Crippen molar-refractivity contribution in [3.8, 4) is 0 Å². The zero-order valence-corrected chi connectivity index (χ0v) is 12.9. The molecule has 1 fully saturated rings. The predicted molar refractivity (Wildman–Crippen MR) is 80.6 cm³/mol. The molecular weight excluding hydrogens is 269 g/mol. The molecule has 0 unspecified atom stereocenters. The highest BCUT2D eigenvalue weighted by Crippen LogP contribution is 2.36. The van der Waals surface area contributed by atoms with Gasteiger partial charge in [-0.2, -0.15) is 0 Å². The number of hydrogen-bond donors (Lipinski definition) is 1. The maximum Gasteiger partial charge on any atom is 0.309 e. The van der Waals surface area contributed by atoms with Crippen LogP contribution in [0.15, 0.2) is 18.2 Å². The van der Waals surface area contributed by atoms with Crippen molar-refractivity contribution in [2.45, 2.75) is 46.1 Å². The van der Waals surface area contributed by atoms with Crippen molar-refractivity contribution in [2.24, 2.45) is 5.41 Å². The Morgan fingerprint density at radius 3 is 2.57 bits per heavy atom. The first-order valence-electron chi connectivity index (χ1n) is 7.67. The second-order valence-electron chi connectivity index (χ2n) is 6.20. The summed E-state index contributed by atoms with van der Waals surface area (Å²) in [5.74, 6) is -0.827. The van der Waals surface area contributed by atoms with E-state index in [9.17, 15) is 14.3 Å². The summed E-state index contributed by atoms with van der Waals surface area (Å²) in [6.07, 6.45) is 3.07. The third-order valence-corrected chi connectivity index (χ3v) is 4.62. The molecule has 0 radical (unpaired) electrons. The zero-order valence-electron chi connectivity index (χ0n) is 12.9. The van der Waals surface area contributed by atoms with Crippen LogP contribution in [0.1, 0.15) is 43.7 Å². The molecule has 1 aromatic rings. The molecule has 3 nitrogen and oxygen atoms in total. The molecule has 0 aromatic heterocycles. The highest BCUT2D eigenvalue weighted by Gasteiger charge is 2.40. The lowest BCUT2D eigenvalue weighted by molar-refractivity contribution is -0.152. The highest BCUT2D eigenvalue weighted by atomic mass is 19.1. The average Bonchev–Trinajstić information content (AvgIpc) is 2.45. The summed E-state index contributed by atoms with van der Waals surface area (Å²) in [5, 5.41) is 9.50. The molecule has 0 aliphatic carbocycles. The molecule has 1 aliphatic rings. The van der Waals surface area contributed by atoms with Crippen LogP contribution in [0.3, 0.4) is 0 Å². The van der Waals surface area contributed by atoms with Gasteiger partial charge in [0.15, 0.2) is 0 Å². The fourth-order valence-electron chi connectivity index (χ4n) is 3.25. The van der Waals surface area contributed by atoms with Gasteiger partial charge >= 0.3 is 5.97 Å². The van der Waals surface area contributed by atoms with Crippen LogP contribution in [0.4, 0.5) is 4.39 Å². The number of aryl methyl sites for hydroxylation is 1. The van der Waals surface area contributed by atoms with Gasteiger partial charge in [0.25, 0.3) is 0 Å². The largest absolute Gasteiger partial charge is 0.481 e. The first-order chi connectivity index (χ1) is 9.97. The molecule has 2 rings (SSSR count). The normalized spacial score (nSPS) is 18.6. The second kappa shape index (κ2) is 6.56. The van der Waals surface area contributed by atoms with Crippen LogP contribution in [0.5, 0.6) is 0 Å².